The lowest BCUT2D eigenvalue weighted by Gasteiger charge is -2.03. The van der Waals surface area contributed by atoms with Crippen LogP contribution in [0.2, 0.25) is 5.02 Å². The maximum Gasteiger partial charge on any atom is 0.338 e. The van der Waals surface area contributed by atoms with Crippen LogP contribution in [0.3, 0.4) is 0 Å². The molecule has 0 aliphatic heterocycles. The van der Waals surface area contributed by atoms with E-state index in [0.717, 1.165) is 12.1 Å². The molecule has 0 amide bonds. The van der Waals surface area contributed by atoms with Crippen LogP contribution in [-0.4, -0.2) is 17.5 Å². The zero-order valence-electron chi connectivity index (χ0n) is 8.77. The topological polar surface area (TPSA) is 93.2 Å². The van der Waals surface area contributed by atoms with Gasteiger partial charge in [0.15, 0.2) is 0 Å². The van der Waals surface area contributed by atoms with E-state index < -0.39 is 16.6 Å². The van der Waals surface area contributed by atoms with Crippen molar-refractivity contribution in [1.29, 1.82) is 5.26 Å². The Bertz CT molecular complexity index is 522. The van der Waals surface area contributed by atoms with Crippen molar-refractivity contribution in [2.45, 2.75) is 6.92 Å². The van der Waals surface area contributed by atoms with Gasteiger partial charge in [-0.05, 0) is 19.1 Å². The van der Waals surface area contributed by atoms with Gasteiger partial charge in [-0.1, -0.05) is 11.6 Å². The summed E-state index contributed by atoms with van der Waals surface area (Å²) in [4.78, 5) is 21.3. The number of nitrogens with zero attached hydrogens (tertiary/aromatic N) is 2. The molecule has 0 saturated heterocycles. The van der Waals surface area contributed by atoms with Crippen LogP contribution in [0.4, 0.5) is 5.69 Å². The van der Waals surface area contributed by atoms with E-state index in [4.69, 9.17) is 21.6 Å². The Labute approximate surface area is 102 Å². The maximum absolute atomic E-state index is 11.4. The normalized spacial score (nSPS) is 9.47. The molecule has 1 rings (SSSR count). The average Bonchev–Trinajstić information content (AvgIpc) is 2.27. The number of hydrogen-bond acceptors (Lipinski definition) is 5. The fourth-order valence-corrected chi connectivity index (χ4v) is 1.49. The number of ether oxygens (including phenoxy) is 1. The molecule has 7 heteroatoms. The molecule has 0 unspecified atom stereocenters. The molecule has 1 aromatic carbocycles. The van der Waals surface area contributed by atoms with Crippen LogP contribution in [-0.2, 0) is 4.74 Å². The molecule has 17 heavy (non-hydrogen) atoms. The maximum atomic E-state index is 11.4. The van der Waals surface area contributed by atoms with Crippen molar-refractivity contribution >= 4 is 23.3 Å². The summed E-state index contributed by atoms with van der Waals surface area (Å²) >= 11 is 5.65. The minimum Gasteiger partial charge on any atom is -0.462 e. The number of carbonyl (C=O) groups excluding carboxylic acids is 1. The Balaban J connectivity index is 3.33. The SMILES string of the molecule is CCOC(=O)c1cc(Cl)c([N+](=O)[O-])c(C#N)c1. The van der Waals surface area contributed by atoms with Crippen LogP contribution < -0.4 is 0 Å². The highest BCUT2D eigenvalue weighted by Crippen LogP contribution is 2.29. The van der Waals surface area contributed by atoms with E-state index in [-0.39, 0.29) is 22.8 Å². The number of esters is 1. The van der Waals surface area contributed by atoms with Gasteiger partial charge in [0.05, 0.1) is 17.1 Å². The quantitative estimate of drug-likeness (QED) is 0.469. The first-order valence-corrected chi connectivity index (χ1v) is 4.94. The van der Waals surface area contributed by atoms with Gasteiger partial charge in [0, 0.05) is 0 Å². The Morgan fingerprint density at radius 3 is 2.76 bits per heavy atom. The number of rotatable bonds is 3. The standard InChI is InChI=1S/C10H7ClN2O4/c1-2-17-10(14)6-3-7(5-12)9(13(15)16)8(11)4-6/h3-4H,2H2,1H3. The van der Waals surface area contributed by atoms with E-state index in [1.165, 1.54) is 0 Å². The third-order valence-corrected chi connectivity index (χ3v) is 2.17. The smallest absolute Gasteiger partial charge is 0.338 e. The van der Waals surface area contributed by atoms with E-state index in [9.17, 15) is 14.9 Å². The van der Waals surface area contributed by atoms with Crippen molar-refractivity contribution in [1.82, 2.24) is 0 Å². The highest BCUT2D eigenvalue weighted by atomic mass is 35.5. The molecule has 1 aromatic rings. The molecule has 0 aliphatic carbocycles. The fraction of sp³-hybridized carbons (Fsp3) is 0.200. The zero-order valence-corrected chi connectivity index (χ0v) is 9.52. The van der Waals surface area contributed by atoms with Crippen LogP contribution in [0.15, 0.2) is 12.1 Å². The van der Waals surface area contributed by atoms with Crippen molar-refractivity contribution in [2.75, 3.05) is 6.61 Å². The molecule has 0 saturated carbocycles. The summed E-state index contributed by atoms with van der Waals surface area (Å²) in [5.41, 5.74) is -0.772. The Morgan fingerprint density at radius 1 is 1.65 bits per heavy atom. The highest BCUT2D eigenvalue weighted by Gasteiger charge is 2.22. The van der Waals surface area contributed by atoms with Gasteiger partial charge in [-0.3, -0.25) is 10.1 Å². The average molecular weight is 255 g/mol. The number of halogens is 1. The number of nitro groups is 1. The molecule has 6 nitrogen and oxygen atoms in total. The van der Waals surface area contributed by atoms with Gasteiger partial charge in [0.2, 0.25) is 0 Å². The second kappa shape index (κ2) is 5.27. The molecule has 0 spiro atoms. The number of hydrogen-bond donors (Lipinski definition) is 0. The summed E-state index contributed by atoms with van der Waals surface area (Å²) in [7, 11) is 0. The van der Waals surface area contributed by atoms with Gasteiger partial charge in [-0.25, -0.2) is 4.79 Å². The van der Waals surface area contributed by atoms with E-state index in [1.54, 1.807) is 13.0 Å². The lowest BCUT2D eigenvalue weighted by atomic mass is 10.1. The van der Waals surface area contributed by atoms with Gasteiger partial charge < -0.3 is 4.74 Å². The first-order chi connectivity index (χ1) is 8.01. The van der Waals surface area contributed by atoms with E-state index in [2.05, 4.69) is 0 Å². The second-order valence-electron chi connectivity index (χ2n) is 2.94. The number of nitro benzene ring substituents is 1. The monoisotopic (exact) mass is 254 g/mol. The molecule has 0 aromatic heterocycles. The van der Waals surface area contributed by atoms with Crippen molar-refractivity contribution in [3.05, 3.63) is 38.4 Å². The van der Waals surface area contributed by atoms with Gasteiger partial charge in [-0.2, -0.15) is 5.26 Å². The predicted octanol–water partition coefficient (Wildman–Crippen LogP) is 2.30. The summed E-state index contributed by atoms with van der Waals surface area (Å²) in [6, 6.07) is 3.82. The second-order valence-corrected chi connectivity index (χ2v) is 3.35. The first kappa shape index (κ1) is 12.9. The zero-order chi connectivity index (χ0) is 13.0. The molecule has 0 atom stereocenters. The number of benzene rings is 1. The Kier molecular flexibility index (Phi) is 4.01. The van der Waals surface area contributed by atoms with Gasteiger partial charge in [-0.15, -0.1) is 0 Å². The van der Waals surface area contributed by atoms with Gasteiger partial charge in [0.1, 0.15) is 16.7 Å². The molecule has 0 N–H and O–H groups in total. The fourth-order valence-electron chi connectivity index (χ4n) is 1.20. The minimum absolute atomic E-state index is 0.0130. The molecular formula is C10H7ClN2O4. The summed E-state index contributed by atoms with van der Waals surface area (Å²) in [6.45, 7) is 1.78. The largest absolute Gasteiger partial charge is 0.462 e. The predicted molar refractivity (Wildman–Crippen MR) is 58.8 cm³/mol. The van der Waals surface area contributed by atoms with E-state index in [1.807, 2.05) is 0 Å². The van der Waals surface area contributed by atoms with Crippen molar-refractivity contribution in [3.63, 3.8) is 0 Å². The van der Waals surface area contributed by atoms with Crippen LogP contribution in [0.1, 0.15) is 22.8 Å². The molecule has 0 heterocycles. The summed E-state index contributed by atoms with van der Waals surface area (Å²) in [5.74, 6) is -0.680. The van der Waals surface area contributed by atoms with Crippen LogP contribution in [0, 0.1) is 21.4 Å². The molecule has 0 fully saturated rings. The van der Waals surface area contributed by atoms with Crippen molar-refractivity contribution < 1.29 is 14.5 Å². The van der Waals surface area contributed by atoms with Crippen molar-refractivity contribution in [3.8, 4) is 6.07 Å². The van der Waals surface area contributed by atoms with Crippen molar-refractivity contribution in [2.24, 2.45) is 0 Å². The van der Waals surface area contributed by atoms with Gasteiger partial charge >= 0.3 is 11.7 Å². The summed E-state index contributed by atoms with van der Waals surface area (Å²) < 4.78 is 4.71. The van der Waals surface area contributed by atoms with E-state index >= 15 is 0 Å². The molecule has 0 aliphatic rings. The molecule has 0 radical (unpaired) electrons. The third-order valence-electron chi connectivity index (χ3n) is 1.88. The Morgan fingerprint density at radius 2 is 2.29 bits per heavy atom. The lowest BCUT2D eigenvalue weighted by molar-refractivity contribution is -0.385. The molecule has 0 bridgehead atoms. The molecule has 88 valence electrons. The third kappa shape index (κ3) is 2.71. The van der Waals surface area contributed by atoms with Crippen LogP contribution >= 0.6 is 11.6 Å². The summed E-state index contributed by atoms with van der Waals surface area (Å²) in [5, 5.41) is 19.2. The lowest BCUT2D eigenvalue weighted by Crippen LogP contribution is -2.06. The number of nitriles is 1. The molecular weight excluding hydrogens is 248 g/mol. The highest BCUT2D eigenvalue weighted by molar-refractivity contribution is 6.33. The Hall–Kier alpha value is -2.13. The van der Waals surface area contributed by atoms with E-state index in [0.29, 0.717) is 0 Å². The van der Waals surface area contributed by atoms with Crippen LogP contribution in [0.25, 0.3) is 0 Å². The van der Waals surface area contributed by atoms with Gasteiger partial charge in [0.25, 0.3) is 0 Å². The first-order valence-electron chi connectivity index (χ1n) is 4.56. The van der Waals surface area contributed by atoms with Crippen LogP contribution in [0.5, 0.6) is 0 Å². The number of carbonyl (C=O) groups is 1. The summed E-state index contributed by atoms with van der Waals surface area (Å²) in [6.07, 6.45) is 0. The minimum atomic E-state index is -0.768.